The van der Waals surface area contributed by atoms with E-state index in [0.29, 0.717) is 25.3 Å². The number of benzene rings is 4. The zero-order valence-electron chi connectivity index (χ0n) is 43.1. The normalized spacial score (nSPS) is 15.9. The second kappa shape index (κ2) is 18.5. The Balaban J connectivity index is 0.942. The van der Waals surface area contributed by atoms with E-state index in [2.05, 4.69) is 175 Å². The van der Waals surface area contributed by atoms with Crippen molar-refractivity contribution in [3.8, 4) is 22.3 Å². The summed E-state index contributed by atoms with van der Waals surface area (Å²) in [6, 6.07) is 27.6. The van der Waals surface area contributed by atoms with Gasteiger partial charge in [0.15, 0.2) is 11.3 Å². The topological polar surface area (TPSA) is 76.1 Å². The number of fused-ring (bicyclic) bond motifs is 6. The Kier molecular flexibility index (Phi) is 12.5. The molecule has 4 aromatic carbocycles. The highest BCUT2D eigenvalue weighted by Gasteiger charge is 2.34. The molecule has 0 bridgehead atoms. The SMILES string of the molecule is CCC1CCc2c(C)nc3c(-c4c(C)cc(C)cc4C)c(C)nn3c2N1Cc1ccccc1COCc1ccccc1CN1c2c(c(C)nc3c(-c4c(C)cc(C)cc4C)c(C)nn23)CCC1CC. The lowest BCUT2D eigenvalue weighted by Gasteiger charge is -2.39. The van der Waals surface area contributed by atoms with Gasteiger partial charge < -0.3 is 14.5 Å². The Hall–Kier alpha value is -6.32. The van der Waals surface area contributed by atoms with Gasteiger partial charge >= 0.3 is 0 Å². The van der Waals surface area contributed by atoms with Crippen molar-refractivity contribution in [1.29, 1.82) is 0 Å². The third kappa shape index (κ3) is 8.20. The van der Waals surface area contributed by atoms with Gasteiger partial charge in [-0.1, -0.05) is 97.8 Å². The van der Waals surface area contributed by atoms with Crippen LogP contribution in [0.25, 0.3) is 33.5 Å². The Bertz CT molecular complexity index is 3020. The van der Waals surface area contributed by atoms with E-state index in [1.165, 1.54) is 89.5 Å². The lowest BCUT2D eigenvalue weighted by Crippen LogP contribution is -2.40. The van der Waals surface area contributed by atoms with Crippen LogP contribution in [0.1, 0.15) is 129 Å². The Morgan fingerprint density at radius 2 is 0.841 bits per heavy atom. The van der Waals surface area contributed by atoms with Gasteiger partial charge in [-0.3, -0.25) is 0 Å². The lowest BCUT2D eigenvalue weighted by molar-refractivity contribution is 0.106. The molecule has 9 nitrogen and oxygen atoms in total. The summed E-state index contributed by atoms with van der Waals surface area (Å²) >= 11 is 0. The maximum absolute atomic E-state index is 6.79. The molecule has 2 unspecified atom stereocenters. The van der Waals surface area contributed by atoms with E-state index in [1.807, 2.05) is 0 Å². The maximum Gasteiger partial charge on any atom is 0.165 e. The molecule has 0 fully saturated rings. The van der Waals surface area contributed by atoms with Crippen LogP contribution in [-0.4, -0.2) is 41.3 Å². The zero-order chi connectivity index (χ0) is 48.4. The molecule has 0 spiro atoms. The second-order valence-electron chi connectivity index (χ2n) is 20.4. The van der Waals surface area contributed by atoms with Crippen LogP contribution in [0.5, 0.6) is 0 Å². The predicted molar refractivity (Wildman–Crippen MR) is 283 cm³/mol. The molecule has 9 heteroatoms. The first-order chi connectivity index (χ1) is 33.3. The summed E-state index contributed by atoms with van der Waals surface area (Å²) in [7, 11) is 0. The first kappa shape index (κ1) is 46.4. The van der Waals surface area contributed by atoms with Crippen molar-refractivity contribution >= 4 is 22.9 Å². The quantitative estimate of drug-likeness (QED) is 0.121. The molecule has 0 radical (unpaired) electrons. The fraction of sp³-hybridized carbons (Fsp3) is 0.400. The largest absolute Gasteiger partial charge is 0.372 e. The van der Waals surface area contributed by atoms with Crippen LogP contribution in [0.3, 0.4) is 0 Å². The highest BCUT2D eigenvalue weighted by atomic mass is 16.5. The molecule has 69 heavy (non-hydrogen) atoms. The number of ether oxygens (including phenoxy) is 1. The summed E-state index contributed by atoms with van der Waals surface area (Å²) in [4.78, 5) is 15.9. The number of aromatic nitrogens is 6. The minimum absolute atomic E-state index is 0.375. The van der Waals surface area contributed by atoms with Crippen molar-refractivity contribution in [1.82, 2.24) is 29.2 Å². The highest BCUT2D eigenvalue weighted by molar-refractivity contribution is 5.87. The third-order valence-corrected chi connectivity index (χ3v) is 15.5. The fourth-order valence-electron chi connectivity index (χ4n) is 12.4. The molecule has 0 saturated heterocycles. The summed E-state index contributed by atoms with van der Waals surface area (Å²) in [5.41, 5.74) is 26.1. The van der Waals surface area contributed by atoms with Gasteiger partial charge in [-0.2, -0.15) is 19.2 Å². The van der Waals surface area contributed by atoms with Crippen molar-refractivity contribution in [2.45, 2.75) is 160 Å². The number of rotatable bonds is 12. The van der Waals surface area contributed by atoms with Crippen molar-refractivity contribution < 1.29 is 4.74 Å². The molecule has 0 saturated carbocycles. The summed E-state index contributed by atoms with van der Waals surface area (Å²) in [5, 5.41) is 10.6. The number of nitrogens with zero attached hydrogens (tertiary/aromatic N) is 8. The molecule has 0 amide bonds. The van der Waals surface area contributed by atoms with Crippen molar-refractivity contribution in [2.75, 3.05) is 9.80 Å². The van der Waals surface area contributed by atoms with E-state index in [4.69, 9.17) is 24.9 Å². The molecule has 10 rings (SSSR count). The van der Waals surface area contributed by atoms with Crippen molar-refractivity contribution in [3.05, 3.63) is 162 Å². The van der Waals surface area contributed by atoms with Gasteiger partial charge in [0.2, 0.25) is 0 Å². The van der Waals surface area contributed by atoms with E-state index < -0.39 is 0 Å². The van der Waals surface area contributed by atoms with Gasteiger partial charge in [-0.25, -0.2) is 9.97 Å². The number of hydrogen-bond donors (Lipinski definition) is 0. The minimum Gasteiger partial charge on any atom is -0.372 e. The van der Waals surface area contributed by atoms with Crippen LogP contribution in [-0.2, 0) is 43.9 Å². The molecule has 0 aliphatic carbocycles. The van der Waals surface area contributed by atoms with Crippen LogP contribution in [0.15, 0.2) is 72.8 Å². The summed E-state index contributed by atoms with van der Waals surface area (Å²) in [5.74, 6) is 2.37. The average molecular weight is 919 g/mol. The second-order valence-corrected chi connectivity index (χ2v) is 20.4. The van der Waals surface area contributed by atoms with Gasteiger partial charge in [0.25, 0.3) is 0 Å². The van der Waals surface area contributed by atoms with E-state index in [9.17, 15) is 0 Å². The molecule has 2 atom stereocenters. The predicted octanol–water partition coefficient (Wildman–Crippen LogP) is 13.4. The van der Waals surface area contributed by atoms with Gasteiger partial charge in [-0.05, 0) is 163 Å². The van der Waals surface area contributed by atoms with Crippen LogP contribution in [0, 0.1) is 69.2 Å². The molecular formula is C60H70N8O. The van der Waals surface area contributed by atoms with E-state index >= 15 is 0 Å². The van der Waals surface area contributed by atoms with Crippen LogP contribution >= 0.6 is 0 Å². The first-order valence-electron chi connectivity index (χ1n) is 25.4. The van der Waals surface area contributed by atoms with Crippen LogP contribution in [0.4, 0.5) is 11.6 Å². The summed E-state index contributed by atoms with van der Waals surface area (Å²) in [6.45, 7) is 29.1. The van der Waals surface area contributed by atoms with E-state index in [0.717, 1.165) is 96.8 Å². The fourth-order valence-corrected chi connectivity index (χ4v) is 12.4. The average Bonchev–Trinajstić information content (AvgIpc) is 3.80. The monoisotopic (exact) mass is 919 g/mol. The number of aryl methyl sites for hydroxylation is 10. The Morgan fingerprint density at radius 3 is 1.20 bits per heavy atom. The molecule has 8 aromatic rings. The van der Waals surface area contributed by atoms with Gasteiger partial charge in [0.05, 0.1) is 35.7 Å². The van der Waals surface area contributed by atoms with E-state index in [-0.39, 0.29) is 0 Å². The van der Waals surface area contributed by atoms with Crippen molar-refractivity contribution in [2.24, 2.45) is 0 Å². The highest BCUT2D eigenvalue weighted by Crippen LogP contribution is 2.42. The first-order valence-corrected chi connectivity index (χ1v) is 25.4. The molecular weight excluding hydrogens is 849 g/mol. The van der Waals surface area contributed by atoms with Crippen LogP contribution < -0.4 is 9.80 Å². The van der Waals surface area contributed by atoms with Gasteiger partial charge in [0, 0.05) is 47.7 Å². The maximum atomic E-state index is 6.79. The standard InChI is InChI=1S/C60H70N8O/c1-13-49-23-25-51-41(9)61-57-55(53-37(5)27-35(3)28-38(53)6)43(11)63-67(57)59(51)65(49)31-45-19-15-17-21-47(45)33-69-34-48-22-18-16-20-46(48)32-66-50(14-2)24-26-52-42(10)62-58-56(44(12)64-68(58)60(52)66)54-39(7)29-36(4)30-40(54)8/h15-22,27-30,49-50H,13-14,23-26,31-34H2,1-12H3. The molecule has 2 aliphatic rings. The summed E-state index contributed by atoms with van der Waals surface area (Å²) in [6.07, 6.45) is 6.28. The zero-order valence-corrected chi connectivity index (χ0v) is 43.1. The Labute approximate surface area is 409 Å². The van der Waals surface area contributed by atoms with E-state index in [1.54, 1.807) is 0 Å². The number of anilines is 2. The minimum atomic E-state index is 0.375. The summed E-state index contributed by atoms with van der Waals surface area (Å²) < 4.78 is 11.1. The third-order valence-electron chi connectivity index (χ3n) is 15.5. The molecule has 4 aromatic heterocycles. The molecule has 0 N–H and O–H groups in total. The molecule has 356 valence electrons. The van der Waals surface area contributed by atoms with Crippen molar-refractivity contribution in [3.63, 3.8) is 0 Å². The smallest absolute Gasteiger partial charge is 0.165 e. The van der Waals surface area contributed by atoms with Gasteiger partial charge in [-0.15, -0.1) is 0 Å². The van der Waals surface area contributed by atoms with Crippen LogP contribution in [0.2, 0.25) is 0 Å². The molecule has 6 heterocycles. The Morgan fingerprint density at radius 1 is 0.478 bits per heavy atom. The molecule has 2 aliphatic heterocycles. The van der Waals surface area contributed by atoms with Gasteiger partial charge in [0.1, 0.15) is 11.6 Å². The number of hydrogen-bond acceptors (Lipinski definition) is 7. The lowest BCUT2D eigenvalue weighted by atomic mass is 9.93.